The summed E-state index contributed by atoms with van der Waals surface area (Å²) in [7, 11) is 0. The summed E-state index contributed by atoms with van der Waals surface area (Å²) in [5.41, 5.74) is 0.897. The lowest BCUT2D eigenvalue weighted by atomic mass is 10.1. The summed E-state index contributed by atoms with van der Waals surface area (Å²) in [4.78, 5) is 11.3. The van der Waals surface area contributed by atoms with Crippen molar-refractivity contribution in [2.24, 2.45) is 0 Å². The number of rotatable bonds is 2. The van der Waals surface area contributed by atoms with Gasteiger partial charge in [0.25, 0.3) is 0 Å². The van der Waals surface area contributed by atoms with Gasteiger partial charge in [-0.05, 0) is 29.9 Å². The monoisotopic (exact) mass is 224 g/mol. The minimum absolute atomic E-state index is 0.135. The van der Waals surface area contributed by atoms with Crippen LogP contribution in [0.3, 0.4) is 0 Å². The van der Waals surface area contributed by atoms with Gasteiger partial charge in [0.15, 0.2) is 5.11 Å². The second-order valence-corrected chi connectivity index (χ2v) is 3.75. The van der Waals surface area contributed by atoms with Crippen LogP contribution in [0.2, 0.25) is 0 Å². The highest BCUT2D eigenvalue weighted by Crippen LogP contribution is 2.07. The summed E-state index contributed by atoms with van der Waals surface area (Å²) in [6.07, 6.45) is 0.506. The van der Waals surface area contributed by atoms with Gasteiger partial charge in [-0.25, -0.2) is 4.39 Å². The molecule has 1 aromatic carbocycles. The Bertz CT molecular complexity index is 404. The number of benzene rings is 1. The Kier molecular flexibility index (Phi) is 2.64. The Morgan fingerprint density at radius 2 is 2.00 bits per heavy atom. The number of halogens is 1. The van der Waals surface area contributed by atoms with Crippen LogP contribution < -0.4 is 10.6 Å². The molecule has 0 radical (unpaired) electrons. The maximum atomic E-state index is 12.6. The Labute approximate surface area is 91.7 Å². The van der Waals surface area contributed by atoms with E-state index in [0.29, 0.717) is 11.5 Å². The highest BCUT2D eigenvalue weighted by Gasteiger charge is 2.26. The highest BCUT2D eigenvalue weighted by atomic mass is 32.1. The molecule has 2 N–H and O–H groups in total. The molecule has 3 nitrogen and oxygen atoms in total. The summed E-state index contributed by atoms with van der Waals surface area (Å²) >= 11 is 4.81. The zero-order valence-corrected chi connectivity index (χ0v) is 8.60. The molecule has 1 aliphatic heterocycles. The van der Waals surface area contributed by atoms with Crippen LogP contribution in [0.1, 0.15) is 5.56 Å². The third-order valence-corrected chi connectivity index (χ3v) is 2.43. The van der Waals surface area contributed by atoms with Crippen molar-refractivity contribution in [1.29, 1.82) is 0 Å². The molecule has 1 aromatic rings. The lowest BCUT2D eigenvalue weighted by Gasteiger charge is -2.07. The normalized spacial score (nSPS) is 19.9. The van der Waals surface area contributed by atoms with E-state index < -0.39 is 0 Å². The summed E-state index contributed by atoms with van der Waals surface area (Å²) in [5, 5.41) is 5.70. The van der Waals surface area contributed by atoms with Crippen molar-refractivity contribution in [2.75, 3.05) is 0 Å². The quantitative estimate of drug-likeness (QED) is 0.728. The smallest absolute Gasteiger partial charge is 0.249 e. The predicted octanol–water partition coefficient (Wildman–Crippen LogP) is 0.741. The van der Waals surface area contributed by atoms with Gasteiger partial charge in [-0.1, -0.05) is 12.1 Å². The van der Waals surface area contributed by atoms with Crippen molar-refractivity contribution in [1.82, 2.24) is 10.6 Å². The summed E-state index contributed by atoms with van der Waals surface area (Å²) in [6.45, 7) is 0. The molecule has 2 rings (SSSR count). The maximum absolute atomic E-state index is 12.6. The molecule has 0 bridgehead atoms. The number of carbonyl (C=O) groups is 1. The fourth-order valence-electron chi connectivity index (χ4n) is 1.46. The van der Waals surface area contributed by atoms with Crippen LogP contribution in [-0.2, 0) is 11.2 Å². The van der Waals surface area contributed by atoms with Crippen molar-refractivity contribution < 1.29 is 9.18 Å². The van der Waals surface area contributed by atoms with Crippen LogP contribution in [-0.4, -0.2) is 17.1 Å². The van der Waals surface area contributed by atoms with Gasteiger partial charge in [-0.2, -0.15) is 0 Å². The van der Waals surface area contributed by atoms with Crippen molar-refractivity contribution in [3.8, 4) is 0 Å². The van der Waals surface area contributed by atoms with Crippen LogP contribution in [0.4, 0.5) is 4.39 Å². The second-order valence-electron chi connectivity index (χ2n) is 3.35. The van der Waals surface area contributed by atoms with E-state index in [9.17, 15) is 9.18 Å². The lowest BCUT2D eigenvalue weighted by Crippen LogP contribution is -2.30. The first-order valence-corrected chi connectivity index (χ1v) is 4.92. The predicted molar refractivity (Wildman–Crippen MR) is 57.8 cm³/mol. The highest BCUT2D eigenvalue weighted by molar-refractivity contribution is 7.80. The molecule has 5 heteroatoms. The molecule has 0 spiro atoms. The molecule has 1 amide bonds. The van der Waals surface area contributed by atoms with Crippen LogP contribution in [0.15, 0.2) is 24.3 Å². The Balaban J connectivity index is 2.06. The molecule has 1 atom stereocenters. The van der Waals surface area contributed by atoms with E-state index in [1.165, 1.54) is 12.1 Å². The van der Waals surface area contributed by atoms with E-state index in [-0.39, 0.29) is 17.8 Å². The van der Waals surface area contributed by atoms with E-state index in [2.05, 4.69) is 10.6 Å². The molecule has 0 aliphatic carbocycles. The van der Waals surface area contributed by atoms with Gasteiger partial charge in [0.2, 0.25) is 5.91 Å². The van der Waals surface area contributed by atoms with Gasteiger partial charge in [0, 0.05) is 6.42 Å². The lowest BCUT2D eigenvalue weighted by molar-refractivity contribution is -0.120. The van der Waals surface area contributed by atoms with Gasteiger partial charge < -0.3 is 10.6 Å². The molecule has 1 saturated heterocycles. The second kappa shape index (κ2) is 3.94. The number of nitrogens with one attached hydrogen (secondary N) is 2. The summed E-state index contributed by atoms with van der Waals surface area (Å²) < 4.78 is 12.6. The van der Waals surface area contributed by atoms with E-state index in [0.717, 1.165) is 5.56 Å². The molecule has 0 aromatic heterocycles. The number of amides is 1. The van der Waals surface area contributed by atoms with Gasteiger partial charge in [-0.15, -0.1) is 0 Å². The molecule has 1 fully saturated rings. The van der Waals surface area contributed by atoms with Gasteiger partial charge in [0.05, 0.1) is 0 Å². The fourth-order valence-corrected chi connectivity index (χ4v) is 1.70. The van der Waals surface area contributed by atoms with Crippen LogP contribution in [0, 0.1) is 5.82 Å². The van der Waals surface area contributed by atoms with E-state index >= 15 is 0 Å². The van der Waals surface area contributed by atoms with Gasteiger partial charge in [0.1, 0.15) is 11.9 Å². The maximum Gasteiger partial charge on any atom is 0.249 e. The molecule has 15 heavy (non-hydrogen) atoms. The first-order chi connectivity index (χ1) is 7.15. The van der Waals surface area contributed by atoms with Gasteiger partial charge in [-0.3, -0.25) is 4.79 Å². The minimum Gasteiger partial charge on any atom is -0.350 e. The van der Waals surface area contributed by atoms with E-state index in [4.69, 9.17) is 12.2 Å². The van der Waals surface area contributed by atoms with Crippen molar-refractivity contribution >= 4 is 23.2 Å². The summed E-state index contributed by atoms with van der Waals surface area (Å²) in [6, 6.07) is 5.72. The number of hydrogen-bond donors (Lipinski definition) is 2. The average Bonchev–Trinajstić information content (AvgIpc) is 2.49. The third-order valence-electron chi connectivity index (χ3n) is 2.21. The standard InChI is InChI=1S/C10H9FN2OS/c11-7-3-1-6(2-4-7)5-8-9(14)13-10(15)12-8/h1-4,8H,5H2,(H2,12,13,14,15). The first-order valence-electron chi connectivity index (χ1n) is 4.51. The third kappa shape index (κ3) is 2.30. The van der Waals surface area contributed by atoms with E-state index in [1.807, 2.05) is 0 Å². The van der Waals surface area contributed by atoms with Crippen LogP contribution >= 0.6 is 12.2 Å². The summed E-state index contributed by atoms with van der Waals surface area (Å²) in [5.74, 6) is -0.414. The zero-order valence-electron chi connectivity index (χ0n) is 7.79. The first kappa shape index (κ1) is 10.0. The number of thiocarbonyl (C=S) groups is 1. The Hall–Kier alpha value is -1.49. The van der Waals surface area contributed by atoms with Gasteiger partial charge >= 0.3 is 0 Å². The number of hydrogen-bond acceptors (Lipinski definition) is 2. The SMILES string of the molecule is O=C1NC(=S)NC1Cc1ccc(F)cc1. The largest absolute Gasteiger partial charge is 0.350 e. The molecule has 1 heterocycles. The topological polar surface area (TPSA) is 41.1 Å². The molecule has 1 aliphatic rings. The van der Waals surface area contributed by atoms with Crippen molar-refractivity contribution in [3.05, 3.63) is 35.6 Å². The molecular weight excluding hydrogens is 215 g/mol. The number of carbonyl (C=O) groups excluding carboxylic acids is 1. The van der Waals surface area contributed by atoms with Crippen molar-refractivity contribution in [3.63, 3.8) is 0 Å². The molecule has 0 saturated carbocycles. The minimum atomic E-state index is -0.344. The fraction of sp³-hybridized carbons (Fsp3) is 0.200. The van der Waals surface area contributed by atoms with E-state index in [1.54, 1.807) is 12.1 Å². The molecule has 78 valence electrons. The Morgan fingerprint density at radius 1 is 1.33 bits per heavy atom. The van der Waals surface area contributed by atoms with Crippen molar-refractivity contribution in [2.45, 2.75) is 12.5 Å². The average molecular weight is 224 g/mol. The Morgan fingerprint density at radius 3 is 2.53 bits per heavy atom. The zero-order chi connectivity index (χ0) is 10.8. The molecular formula is C10H9FN2OS. The molecule has 1 unspecified atom stereocenters. The van der Waals surface area contributed by atoms with Crippen LogP contribution in [0.25, 0.3) is 0 Å². The van der Waals surface area contributed by atoms with Crippen LogP contribution in [0.5, 0.6) is 0 Å².